The number of hydrogen-bond donors (Lipinski definition) is 3. The largest absolute Gasteiger partial charge is 0.506 e. The van der Waals surface area contributed by atoms with Crippen LogP contribution in [0.2, 0.25) is 0 Å². The van der Waals surface area contributed by atoms with Crippen LogP contribution in [0.25, 0.3) is 0 Å². The molecule has 0 saturated heterocycles. The number of carbonyl (C=O) groups excluding carboxylic acids is 1. The fourth-order valence-electron chi connectivity index (χ4n) is 1.67. The summed E-state index contributed by atoms with van der Waals surface area (Å²) in [7, 11) is 1.53. The van der Waals surface area contributed by atoms with Crippen molar-refractivity contribution >= 4 is 28.9 Å². The lowest BCUT2D eigenvalue weighted by atomic mass is 10.2. The molecule has 2 rings (SSSR count). The number of para-hydroxylation sites is 2. The Morgan fingerprint density at radius 2 is 1.95 bits per heavy atom. The Balaban J connectivity index is 2.02. The molecule has 108 valence electrons. The monoisotopic (exact) mass is 302 g/mol. The quantitative estimate of drug-likeness (QED) is 0.600. The summed E-state index contributed by atoms with van der Waals surface area (Å²) in [5, 5.41) is 15.0. The number of anilines is 1. The smallest absolute Gasteiger partial charge is 0.257 e. The lowest BCUT2D eigenvalue weighted by Gasteiger charge is -2.11. The molecule has 0 atom stereocenters. The maximum Gasteiger partial charge on any atom is 0.257 e. The second-order valence-electron chi connectivity index (χ2n) is 4.16. The van der Waals surface area contributed by atoms with Gasteiger partial charge in [-0.25, -0.2) is 0 Å². The van der Waals surface area contributed by atoms with E-state index in [2.05, 4.69) is 10.6 Å². The molecule has 0 aliphatic carbocycles. The van der Waals surface area contributed by atoms with Gasteiger partial charge in [-0.15, -0.1) is 0 Å². The minimum Gasteiger partial charge on any atom is -0.506 e. The third-order valence-electron chi connectivity index (χ3n) is 2.71. The number of carbonyl (C=O) groups is 1. The summed E-state index contributed by atoms with van der Waals surface area (Å²) in [5.41, 5.74) is 0.851. The number of amides is 1. The molecule has 1 amide bonds. The van der Waals surface area contributed by atoms with Crippen LogP contribution in [0.15, 0.2) is 48.5 Å². The van der Waals surface area contributed by atoms with Gasteiger partial charge in [0.15, 0.2) is 5.11 Å². The van der Waals surface area contributed by atoms with Crippen LogP contribution in [-0.4, -0.2) is 23.2 Å². The van der Waals surface area contributed by atoms with E-state index >= 15 is 0 Å². The Morgan fingerprint density at radius 1 is 1.19 bits per heavy atom. The van der Waals surface area contributed by atoms with Crippen LogP contribution in [-0.2, 0) is 0 Å². The number of rotatable bonds is 3. The van der Waals surface area contributed by atoms with E-state index in [0.717, 1.165) is 0 Å². The maximum atomic E-state index is 12.0. The van der Waals surface area contributed by atoms with E-state index < -0.39 is 0 Å². The van der Waals surface area contributed by atoms with Crippen LogP contribution in [0.5, 0.6) is 11.5 Å². The molecule has 0 aromatic heterocycles. The molecule has 3 N–H and O–H groups in total. The van der Waals surface area contributed by atoms with Gasteiger partial charge in [-0.2, -0.15) is 0 Å². The van der Waals surface area contributed by atoms with Crippen molar-refractivity contribution in [1.29, 1.82) is 0 Å². The predicted octanol–water partition coefficient (Wildman–Crippen LogP) is 2.53. The van der Waals surface area contributed by atoms with Gasteiger partial charge in [0.25, 0.3) is 5.91 Å². The summed E-state index contributed by atoms with van der Waals surface area (Å²) in [6.45, 7) is 0. The first kappa shape index (κ1) is 14.8. The maximum absolute atomic E-state index is 12.0. The van der Waals surface area contributed by atoms with Crippen molar-refractivity contribution < 1.29 is 14.6 Å². The zero-order chi connectivity index (χ0) is 15.2. The van der Waals surface area contributed by atoms with E-state index in [4.69, 9.17) is 17.0 Å². The van der Waals surface area contributed by atoms with Crippen LogP contribution < -0.4 is 15.4 Å². The van der Waals surface area contributed by atoms with E-state index in [9.17, 15) is 9.90 Å². The Kier molecular flexibility index (Phi) is 4.73. The van der Waals surface area contributed by atoms with Crippen molar-refractivity contribution in [2.45, 2.75) is 0 Å². The number of methoxy groups -OCH3 is 1. The van der Waals surface area contributed by atoms with Gasteiger partial charge < -0.3 is 15.2 Å². The third-order valence-corrected chi connectivity index (χ3v) is 2.92. The summed E-state index contributed by atoms with van der Waals surface area (Å²) >= 11 is 5.05. The molecule has 0 bridgehead atoms. The van der Waals surface area contributed by atoms with Gasteiger partial charge in [0, 0.05) is 5.56 Å². The van der Waals surface area contributed by atoms with Crippen LogP contribution in [0.1, 0.15) is 10.4 Å². The number of nitrogens with one attached hydrogen (secondary N) is 2. The predicted molar refractivity (Wildman–Crippen MR) is 84.8 cm³/mol. The number of hydrogen-bond acceptors (Lipinski definition) is 4. The third kappa shape index (κ3) is 3.93. The van der Waals surface area contributed by atoms with Gasteiger partial charge in [0.2, 0.25) is 0 Å². The molecule has 2 aromatic rings. The van der Waals surface area contributed by atoms with Crippen molar-refractivity contribution in [3.8, 4) is 11.5 Å². The van der Waals surface area contributed by atoms with Gasteiger partial charge >= 0.3 is 0 Å². The molecule has 0 fully saturated rings. The van der Waals surface area contributed by atoms with Crippen molar-refractivity contribution in [1.82, 2.24) is 5.32 Å². The van der Waals surface area contributed by atoms with Crippen molar-refractivity contribution in [3.63, 3.8) is 0 Å². The number of aromatic hydroxyl groups is 1. The van der Waals surface area contributed by atoms with Crippen LogP contribution >= 0.6 is 12.2 Å². The SMILES string of the molecule is COc1cccc(C(=O)NC(=S)Nc2ccccc2O)c1. The Morgan fingerprint density at radius 3 is 2.67 bits per heavy atom. The van der Waals surface area contributed by atoms with Gasteiger partial charge in [-0.05, 0) is 42.5 Å². The molecule has 21 heavy (non-hydrogen) atoms. The fraction of sp³-hybridized carbons (Fsp3) is 0.0667. The molecule has 0 saturated carbocycles. The zero-order valence-electron chi connectivity index (χ0n) is 11.3. The first-order valence-corrected chi connectivity index (χ1v) is 6.55. The molecule has 0 aliphatic rings. The zero-order valence-corrected chi connectivity index (χ0v) is 12.1. The molecule has 5 nitrogen and oxygen atoms in total. The normalized spacial score (nSPS) is 9.76. The van der Waals surface area contributed by atoms with Crippen LogP contribution in [0.4, 0.5) is 5.69 Å². The molecular formula is C15H14N2O3S. The van der Waals surface area contributed by atoms with E-state index in [-0.39, 0.29) is 16.8 Å². The van der Waals surface area contributed by atoms with Gasteiger partial charge in [-0.3, -0.25) is 10.1 Å². The summed E-state index contributed by atoms with van der Waals surface area (Å²) in [4.78, 5) is 12.0. The highest BCUT2D eigenvalue weighted by Crippen LogP contribution is 2.21. The highest BCUT2D eigenvalue weighted by atomic mass is 32.1. The number of phenols is 1. The number of phenolic OH excluding ortho intramolecular Hbond substituents is 1. The highest BCUT2D eigenvalue weighted by molar-refractivity contribution is 7.80. The molecule has 0 heterocycles. The molecule has 0 unspecified atom stereocenters. The molecule has 0 aliphatic heterocycles. The first-order valence-electron chi connectivity index (χ1n) is 6.14. The van der Waals surface area contributed by atoms with Crippen molar-refractivity contribution in [2.24, 2.45) is 0 Å². The van der Waals surface area contributed by atoms with Crippen molar-refractivity contribution in [2.75, 3.05) is 12.4 Å². The second kappa shape index (κ2) is 6.71. The lowest BCUT2D eigenvalue weighted by molar-refractivity contribution is 0.0977. The van der Waals surface area contributed by atoms with E-state index in [0.29, 0.717) is 17.0 Å². The fourth-order valence-corrected chi connectivity index (χ4v) is 1.88. The van der Waals surface area contributed by atoms with Crippen molar-refractivity contribution in [3.05, 3.63) is 54.1 Å². The summed E-state index contributed by atoms with van der Waals surface area (Å²) < 4.78 is 5.06. The highest BCUT2D eigenvalue weighted by Gasteiger charge is 2.09. The standard InChI is InChI=1S/C15H14N2O3S/c1-20-11-6-4-5-10(9-11)14(19)17-15(21)16-12-7-2-3-8-13(12)18/h2-9,18H,1H3,(H2,16,17,19,21). The average Bonchev–Trinajstić information content (AvgIpc) is 2.49. The molecule has 0 spiro atoms. The van der Waals surface area contributed by atoms with E-state index in [1.54, 1.807) is 42.5 Å². The molecule has 0 radical (unpaired) electrons. The minimum atomic E-state index is -0.359. The van der Waals surface area contributed by atoms with Crippen LogP contribution in [0, 0.1) is 0 Å². The average molecular weight is 302 g/mol. The molecule has 6 heteroatoms. The van der Waals surface area contributed by atoms with Gasteiger partial charge in [0.1, 0.15) is 11.5 Å². The molecule has 2 aromatic carbocycles. The van der Waals surface area contributed by atoms with Gasteiger partial charge in [0.05, 0.1) is 12.8 Å². The number of thiocarbonyl (C=S) groups is 1. The summed E-state index contributed by atoms with van der Waals surface area (Å²) in [6.07, 6.45) is 0. The Bertz CT molecular complexity index is 673. The number of ether oxygens (including phenoxy) is 1. The lowest BCUT2D eigenvalue weighted by Crippen LogP contribution is -2.34. The Labute approximate surface area is 127 Å². The topological polar surface area (TPSA) is 70.6 Å². The Hall–Kier alpha value is -2.60. The van der Waals surface area contributed by atoms with E-state index in [1.807, 2.05) is 0 Å². The van der Waals surface area contributed by atoms with E-state index in [1.165, 1.54) is 13.2 Å². The first-order chi connectivity index (χ1) is 10.1. The summed E-state index contributed by atoms with van der Waals surface area (Å²) in [6, 6.07) is 13.3. The second-order valence-corrected chi connectivity index (χ2v) is 4.57. The van der Waals surface area contributed by atoms with Gasteiger partial charge in [-0.1, -0.05) is 18.2 Å². The summed E-state index contributed by atoms with van der Waals surface area (Å²) in [5.74, 6) is 0.277. The minimum absolute atomic E-state index is 0.0514. The molecular weight excluding hydrogens is 288 g/mol. The van der Waals surface area contributed by atoms with Crippen LogP contribution in [0.3, 0.4) is 0 Å². The number of benzene rings is 2.